The molecule has 0 N–H and O–H groups in total. The van der Waals surface area contributed by atoms with Crippen LogP contribution in [0.5, 0.6) is 0 Å². The first kappa shape index (κ1) is 23.4. The average Bonchev–Trinajstić information content (AvgIpc) is 3.09. The Morgan fingerprint density at radius 2 is 1.67 bits per heavy atom. The van der Waals surface area contributed by atoms with Gasteiger partial charge in [0.2, 0.25) is 5.69 Å². The van der Waals surface area contributed by atoms with Gasteiger partial charge in [0.05, 0.1) is 12.1 Å². The lowest BCUT2D eigenvalue weighted by Crippen LogP contribution is -2.46. The van der Waals surface area contributed by atoms with Crippen LogP contribution in [-0.4, -0.2) is 37.2 Å². The molecule has 2 aliphatic heterocycles. The minimum absolute atomic E-state index is 0.281. The fourth-order valence-corrected chi connectivity index (χ4v) is 5.43. The van der Waals surface area contributed by atoms with Gasteiger partial charge in [-0.3, -0.25) is 0 Å². The summed E-state index contributed by atoms with van der Waals surface area (Å²) in [6.07, 6.45) is 3.43. The Bertz CT molecular complexity index is 1060. The van der Waals surface area contributed by atoms with E-state index < -0.39 is 5.60 Å². The van der Waals surface area contributed by atoms with Crippen LogP contribution >= 0.6 is 11.6 Å². The van der Waals surface area contributed by atoms with E-state index in [1.54, 1.807) is 0 Å². The zero-order chi connectivity index (χ0) is 23.8. The molecule has 174 valence electrons. The van der Waals surface area contributed by atoms with Gasteiger partial charge in [-0.05, 0) is 88.8 Å². The Kier molecular flexibility index (Phi) is 6.33. The topological polar surface area (TPSA) is 37.1 Å². The summed E-state index contributed by atoms with van der Waals surface area (Å²) in [5, 5.41) is 0.528. The molecule has 1 atom stereocenters. The number of ether oxygens (including phenoxy) is 1. The highest BCUT2D eigenvalue weighted by Crippen LogP contribution is 2.48. The summed E-state index contributed by atoms with van der Waals surface area (Å²) in [5.41, 5.74) is 3.15. The molecule has 5 nitrogen and oxygen atoms in total. The van der Waals surface area contributed by atoms with E-state index in [0.29, 0.717) is 22.3 Å². The third-order valence-electron chi connectivity index (χ3n) is 7.21. The van der Waals surface area contributed by atoms with Crippen molar-refractivity contribution in [1.29, 1.82) is 0 Å². The second-order valence-electron chi connectivity index (χ2n) is 10.3. The fourth-order valence-electron chi connectivity index (χ4n) is 5.22. The van der Waals surface area contributed by atoms with Crippen LogP contribution in [0.25, 0.3) is 4.85 Å². The van der Waals surface area contributed by atoms with E-state index in [1.807, 2.05) is 63.2 Å². The molecular weight excluding hydrogens is 434 g/mol. The van der Waals surface area contributed by atoms with Crippen molar-refractivity contribution in [3.05, 3.63) is 64.5 Å². The summed E-state index contributed by atoms with van der Waals surface area (Å²) in [6.45, 7) is 18.2. The SMILES string of the molecule is [C-]#[N+]c1ccc(N2CCC3(CCN(c4ccc(C(=O)OC(C)(C)C)cc4)CC3)C2C)cc1Cl. The first-order chi connectivity index (χ1) is 15.6. The number of hydrogen-bond donors (Lipinski definition) is 0. The van der Waals surface area contributed by atoms with Crippen molar-refractivity contribution >= 4 is 34.6 Å². The number of rotatable bonds is 3. The van der Waals surface area contributed by atoms with Crippen LogP contribution < -0.4 is 9.80 Å². The molecule has 2 aliphatic rings. The molecule has 1 unspecified atom stereocenters. The number of benzene rings is 2. The lowest BCUT2D eigenvalue weighted by atomic mass is 9.73. The van der Waals surface area contributed by atoms with Crippen molar-refractivity contribution in [3.63, 3.8) is 0 Å². The van der Waals surface area contributed by atoms with Crippen LogP contribution in [0.1, 0.15) is 57.3 Å². The second-order valence-corrected chi connectivity index (χ2v) is 10.7. The molecule has 0 aliphatic carbocycles. The molecule has 4 rings (SSSR count). The summed E-state index contributed by atoms with van der Waals surface area (Å²) in [4.78, 5) is 20.6. The molecule has 0 saturated carbocycles. The van der Waals surface area contributed by atoms with E-state index in [1.165, 1.54) is 6.42 Å². The molecule has 6 heteroatoms. The molecule has 0 bridgehead atoms. The van der Waals surface area contributed by atoms with Gasteiger partial charge < -0.3 is 14.5 Å². The molecule has 2 heterocycles. The number of esters is 1. The minimum Gasteiger partial charge on any atom is -0.456 e. The Balaban J connectivity index is 1.40. The van der Waals surface area contributed by atoms with E-state index in [2.05, 4.69) is 21.6 Å². The van der Waals surface area contributed by atoms with Crippen LogP contribution in [0.3, 0.4) is 0 Å². The number of carbonyl (C=O) groups excluding carboxylic acids is 1. The normalized spacial score (nSPS) is 20.1. The third-order valence-corrected chi connectivity index (χ3v) is 7.52. The van der Waals surface area contributed by atoms with Gasteiger partial charge in [-0.2, -0.15) is 0 Å². The summed E-state index contributed by atoms with van der Waals surface area (Å²) in [5.74, 6) is -0.281. The van der Waals surface area contributed by atoms with Crippen LogP contribution in [0.2, 0.25) is 5.02 Å². The quantitative estimate of drug-likeness (QED) is 0.372. The molecule has 2 saturated heterocycles. The lowest BCUT2D eigenvalue weighted by molar-refractivity contribution is 0.00695. The van der Waals surface area contributed by atoms with E-state index in [0.717, 1.165) is 43.9 Å². The molecular formula is C27H32ClN3O2. The van der Waals surface area contributed by atoms with Crippen molar-refractivity contribution in [2.45, 2.75) is 58.6 Å². The summed E-state index contributed by atoms with van der Waals surface area (Å²) in [7, 11) is 0. The van der Waals surface area contributed by atoms with Crippen LogP contribution in [0.4, 0.5) is 17.1 Å². The third kappa shape index (κ3) is 4.82. The smallest absolute Gasteiger partial charge is 0.338 e. The van der Waals surface area contributed by atoms with E-state index in [4.69, 9.17) is 22.9 Å². The van der Waals surface area contributed by atoms with Gasteiger partial charge in [0, 0.05) is 42.1 Å². The van der Waals surface area contributed by atoms with Crippen molar-refractivity contribution < 1.29 is 9.53 Å². The van der Waals surface area contributed by atoms with Crippen LogP contribution in [0.15, 0.2) is 42.5 Å². The number of anilines is 2. The van der Waals surface area contributed by atoms with Gasteiger partial charge in [-0.15, -0.1) is 0 Å². The summed E-state index contributed by atoms with van der Waals surface area (Å²) < 4.78 is 5.47. The summed E-state index contributed by atoms with van der Waals surface area (Å²) >= 11 is 6.31. The highest BCUT2D eigenvalue weighted by Gasteiger charge is 2.46. The molecule has 0 aromatic heterocycles. The number of piperidine rings is 1. The van der Waals surface area contributed by atoms with Crippen LogP contribution in [0, 0.1) is 12.0 Å². The predicted molar refractivity (Wildman–Crippen MR) is 135 cm³/mol. The molecule has 2 fully saturated rings. The first-order valence-corrected chi connectivity index (χ1v) is 12.0. The zero-order valence-corrected chi connectivity index (χ0v) is 20.7. The Morgan fingerprint density at radius 1 is 1.06 bits per heavy atom. The van der Waals surface area contributed by atoms with Crippen LogP contribution in [-0.2, 0) is 4.74 Å². The molecule has 2 aromatic rings. The Morgan fingerprint density at radius 3 is 2.24 bits per heavy atom. The molecule has 2 aromatic carbocycles. The number of halogens is 1. The van der Waals surface area contributed by atoms with Crippen molar-refractivity contribution in [2.24, 2.45) is 5.41 Å². The van der Waals surface area contributed by atoms with Crippen molar-refractivity contribution in [3.8, 4) is 0 Å². The number of hydrogen-bond acceptors (Lipinski definition) is 4. The first-order valence-electron chi connectivity index (χ1n) is 11.6. The predicted octanol–water partition coefficient (Wildman–Crippen LogP) is 6.73. The maximum Gasteiger partial charge on any atom is 0.338 e. The highest BCUT2D eigenvalue weighted by molar-refractivity contribution is 6.33. The molecule has 33 heavy (non-hydrogen) atoms. The van der Waals surface area contributed by atoms with Gasteiger partial charge in [0.15, 0.2) is 0 Å². The Labute approximate surface area is 202 Å². The molecule has 0 radical (unpaired) electrons. The lowest BCUT2D eigenvalue weighted by Gasteiger charge is -2.44. The fraction of sp³-hybridized carbons (Fsp3) is 0.481. The monoisotopic (exact) mass is 465 g/mol. The van der Waals surface area contributed by atoms with Gasteiger partial charge in [0.1, 0.15) is 5.60 Å². The molecule has 0 amide bonds. The highest BCUT2D eigenvalue weighted by atomic mass is 35.5. The maximum absolute atomic E-state index is 12.3. The second kappa shape index (κ2) is 8.91. The number of carbonyl (C=O) groups is 1. The van der Waals surface area contributed by atoms with Gasteiger partial charge in [0.25, 0.3) is 0 Å². The largest absolute Gasteiger partial charge is 0.456 e. The Hall–Kier alpha value is -2.71. The van der Waals surface area contributed by atoms with Gasteiger partial charge in [-0.1, -0.05) is 17.7 Å². The maximum atomic E-state index is 12.3. The van der Waals surface area contributed by atoms with Crippen molar-refractivity contribution in [2.75, 3.05) is 29.4 Å². The van der Waals surface area contributed by atoms with E-state index >= 15 is 0 Å². The van der Waals surface area contributed by atoms with Gasteiger partial charge >= 0.3 is 5.97 Å². The van der Waals surface area contributed by atoms with Crippen molar-refractivity contribution in [1.82, 2.24) is 0 Å². The average molecular weight is 466 g/mol. The minimum atomic E-state index is -0.493. The number of nitrogens with zero attached hydrogens (tertiary/aromatic N) is 3. The molecule has 1 spiro atoms. The van der Waals surface area contributed by atoms with E-state index in [9.17, 15) is 4.79 Å². The van der Waals surface area contributed by atoms with E-state index in [-0.39, 0.29) is 11.4 Å². The van der Waals surface area contributed by atoms with Gasteiger partial charge in [-0.25, -0.2) is 9.64 Å². The standard InChI is InChI=1S/C27H32ClN3O2/c1-19-27(14-17-31(19)22-10-11-24(29-5)23(28)18-22)12-15-30(16-13-27)21-8-6-20(7-9-21)25(32)33-26(2,3)4/h6-11,18-19H,12-17H2,1-4H3. The zero-order valence-electron chi connectivity index (χ0n) is 19.9. The summed E-state index contributed by atoms with van der Waals surface area (Å²) in [6, 6.07) is 14.0.